The summed E-state index contributed by atoms with van der Waals surface area (Å²) in [6.45, 7) is 0. The minimum atomic E-state index is -0.351. The molecule has 5 rings (SSSR count). The number of nitrogens with zero attached hydrogens (tertiary/aromatic N) is 2. The molecule has 0 atom stereocenters. The summed E-state index contributed by atoms with van der Waals surface area (Å²) in [5.41, 5.74) is 2.40. The molecule has 0 amide bonds. The second-order valence-corrected chi connectivity index (χ2v) is 6.76. The first-order chi connectivity index (χ1) is 12.2. The van der Waals surface area contributed by atoms with Crippen molar-refractivity contribution in [2.75, 3.05) is 0 Å². The maximum absolute atomic E-state index is 13.8. The molecule has 0 aliphatic heterocycles. The molecule has 0 saturated heterocycles. The van der Waals surface area contributed by atoms with Gasteiger partial charge in [-0.3, -0.25) is 9.20 Å². The molecule has 4 nitrogen and oxygen atoms in total. The molecule has 1 radical (unpaired) electrons. The van der Waals surface area contributed by atoms with Gasteiger partial charge in [-0.25, -0.2) is 9.37 Å². The Morgan fingerprint density at radius 2 is 2.00 bits per heavy atom. The van der Waals surface area contributed by atoms with Crippen LogP contribution in [-0.4, -0.2) is 14.4 Å². The monoisotopic (exact) mass is 334 g/mol. The van der Waals surface area contributed by atoms with Gasteiger partial charge in [0.05, 0.1) is 16.6 Å². The average Bonchev–Trinajstić information content (AvgIpc) is 3.08. The normalized spacial score (nSPS) is 16.2. The highest BCUT2D eigenvalue weighted by Gasteiger charge is 2.21. The van der Waals surface area contributed by atoms with E-state index in [9.17, 15) is 9.18 Å². The molecule has 1 fully saturated rings. The van der Waals surface area contributed by atoms with Gasteiger partial charge < -0.3 is 4.98 Å². The first-order valence-electron chi connectivity index (χ1n) is 8.65. The highest BCUT2D eigenvalue weighted by Crippen LogP contribution is 2.34. The lowest BCUT2D eigenvalue weighted by atomic mass is 9.87. The van der Waals surface area contributed by atoms with Gasteiger partial charge in [0.1, 0.15) is 11.5 Å². The van der Waals surface area contributed by atoms with Crippen molar-refractivity contribution in [3.05, 3.63) is 64.9 Å². The number of hydrogen-bond donors (Lipinski definition) is 1. The number of aromatic amines is 1. The van der Waals surface area contributed by atoms with Crippen LogP contribution in [0.2, 0.25) is 0 Å². The zero-order valence-corrected chi connectivity index (χ0v) is 13.6. The number of aromatic nitrogens is 3. The molecular formula is C20H17FN3O. The Morgan fingerprint density at radius 1 is 1.16 bits per heavy atom. The summed E-state index contributed by atoms with van der Waals surface area (Å²) in [6, 6.07) is 6.43. The molecule has 5 heteroatoms. The number of halogens is 1. The molecule has 1 N–H and O–H groups in total. The van der Waals surface area contributed by atoms with E-state index in [1.807, 2.05) is 10.5 Å². The van der Waals surface area contributed by atoms with Crippen molar-refractivity contribution in [1.82, 2.24) is 14.4 Å². The summed E-state index contributed by atoms with van der Waals surface area (Å²) in [5, 5.41) is 1.92. The lowest BCUT2D eigenvalue weighted by Gasteiger charge is -2.18. The summed E-state index contributed by atoms with van der Waals surface area (Å²) in [6.07, 6.45) is 10.5. The van der Waals surface area contributed by atoms with E-state index in [2.05, 4.69) is 17.6 Å². The second kappa shape index (κ2) is 5.41. The van der Waals surface area contributed by atoms with Crippen LogP contribution in [0.3, 0.4) is 0 Å². The molecular weight excluding hydrogens is 317 g/mol. The fourth-order valence-corrected chi connectivity index (χ4v) is 4.04. The van der Waals surface area contributed by atoms with Gasteiger partial charge in [0.15, 0.2) is 0 Å². The van der Waals surface area contributed by atoms with E-state index >= 15 is 0 Å². The first-order valence-corrected chi connectivity index (χ1v) is 8.65. The first kappa shape index (κ1) is 14.6. The highest BCUT2D eigenvalue weighted by atomic mass is 19.1. The largest absolute Gasteiger partial charge is 0.328 e. The zero-order valence-electron chi connectivity index (χ0n) is 13.6. The highest BCUT2D eigenvalue weighted by molar-refractivity contribution is 6.11. The van der Waals surface area contributed by atoms with Crippen LogP contribution in [0.5, 0.6) is 0 Å². The van der Waals surface area contributed by atoms with Crippen molar-refractivity contribution in [2.45, 2.75) is 31.6 Å². The Labute approximate surface area is 143 Å². The third-order valence-corrected chi connectivity index (χ3v) is 5.27. The second-order valence-electron chi connectivity index (χ2n) is 6.76. The molecule has 1 aromatic carbocycles. The topological polar surface area (TPSA) is 50.2 Å². The van der Waals surface area contributed by atoms with Crippen molar-refractivity contribution < 1.29 is 4.39 Å². The third kappa shape index (κ3) is 2.18. The van der Waals surface area contributed by atoms with Crippen LogP contribution in [0.15, 0.2) is 41.5 Å². The fraction of sp³-hybridized carbons (Fsp3) is 0.250. The molecule has 3 heterocycles. The summed E-state index contributed by atoms with van der Waals surface area (Å²) >= 11 is 0. The SMILES string of the molecule is O=c1[nH]ccc2c1c1cc(F)ccc1c1nc(C3CC[CH]CC3)cn21. The van der Waals surface area contributed by atoms with E-state index < -0.39 is 0 Å². The summed E-state index contributed by atoms with van der Waals surface area (Å²) in [5.74, 6) is 0.0912. The lowest BCUT2D eigenvalue weighted by molar-refractivity contribution is 0.504. The minimum absolute atomic E-state index is 0.211. The number of nitrogens with one attached hydrogen (secondary N) is 1. The predicted octanol–water partition coefficient (Wildman–Crippen LogP) is 4.33. The molecule has 0 spiro atoms. The molecule has 0 bridgehead atoms. The lowest BCUT2D eigenvalue weighted by Crippen LogP contribution is -2.07. The van der Waals surface area contributed by atoms with E-state index in [4.69, 9.17) is 4.98 Å². The van der Waals surface area contributed by atoms with Gasteiger partial charge >= 0.3 is 0 Å². The van der Waals surface area contributed by atoms with Gasteiger partial charge in [0.25, 0.3) is 5.56 Å². The van der Waals surface area contributed by atoms with Gasteiger partial charge in [-0.1, -0.05) is 0 Å². The smallest absolute Gasteiger partial charge is 0.257 e. The van der Waals surface area contributed by atoms with Crippen LogP contribution in [0, 0.1) is 12.2 Å². The Kier molecular flexibility index (Phi) is 3.17. The summed E-state index contributed by atoms with van der Waals surface area (Å²) < 4.78 is 15.8. The molecule has 1 aliphatic carbocycles. The van der Waals surface area contributed by atoms with Crippen molar-refractivity contribution in [2.24, 2.45) is 0 Å². The number of pyridine rings is 2. The Morgan fingerprint density at radius 3 is 2.84 bits per heavy atom. The van der Waals surface area contributed by atoms with Gasteiger partial charge in [-0.15, -0.1) is 0 Å². The van der Waals surface area contributed by atoms with Crippen LogP contribution >= 0.6 is 0 Å². The standard InChI is InChI=1S/C20H17FN3O/c21-13-6-7-14-15(10-13)18-17(8-9-22-20(18)25)24-11-16(23-19(14)24)12-4-2-1-3-5-12/h1,6-12H,2-5H2,(H,22,25). The fourth-order valence-electron chi connectivity index (χ4n) is 4.04. The Bertz CT molecular complexity index is 1170. The summed E-state index contributed by atoms with van der Waals surface area (Å²) in [7, 11) is 0. The average molecular weight is 334 g/mol. The van der Waals surface area contributed by atoms with Gasteiger partial charge in [0, 0.05) is 29.1 Å². The predicted molar refractivity (Wildman–Crippen MR) is 96.3 cm³/mol. The van der Waals surface area contributed by atoms with Gasteiger partial charge in [0.2, 0.25) is 0 Å². The van der Waals surface area contributed by atoms with Crippen molar-refractivity contribution in [3.8, 4) is 0 Å². The number of H-pyrrole nitrogens is 1. The van der Waals surface area contributed by atoms with E-state index in [0.717, 1.165) is 47.9 Å². The van der Waals surface area contributed by atoms with Gasteiger partial charge in [-0.2, -0.15) is 0 Å². The van der Waals surface area contributed by atoms with Crippen molar-refractivity contribution >= 4 is 27.3 Å². The van der Waals surface area contributed by atoms with Crippen LogP contribution in [0.25, 0.3) is 27.3 Å². The molecule has 3 aromatic heterocycles. The van der Waals surface area contributed by atoms with Crippen molar-refractivity contribution in [1.29, 1.82) is 0 Å². The van der Waals surface area contributed by atoms with E-state index in [0.29, 0.717) is 16.7 Å². The van der Waals surface area contributed by atoms with Gasteiger partial charge in [-0.05, 0) is 56.4 Å². The Balaban J connectivity index is 1.91. The maximum atomic E-state index is 13.8. The molecule has 4 aromatic rings. The quantitative estimate of drug-likeness (QED) is 0.527. The molecule has 0 unspecified atom stereocenters. The third-order valence-electron chi connectivity index (χ3n) is 5.27. The zero-order chi connectivity index (χ0) is 17.0. The number of benzene rings is 1. The minimum Gasteiger partial charge on any atom is -0.328 e. The molecule has 125 valence electrons. The summed E-state index contributed by atoms with van der Waals surface area (Å²) in [4.78, 5) is 20.0. The van der Waals surface area contributed by atoms with Crippen LogP contribution in [0.1, 0.15) is 37.3 Å². The number of fused-ring (bicyclic) bond motifs is 6. The number of rotatable bonds is 1. The molecule has 1 aliphatic rings. The maximum Gasteiger partial charge on any atom is 0.257 e. The molecule has 1 saturated carbocycles. The number of hydrogen-bond acceptors (Lipinski definition) is 2. The van der Waals surface area contributed by atoms with E-state index in [-0.39, 0.29) is 11.4 Å². The Hall–Kier alpha value is -2.69. The van der Waals surface area contributed by atoms with E-state index in [1.54, 1.807) is 12.3 Å². The van der Waals surface area contributed by atoms with Crippen LogP contribution in [-0.2, 0) is 0 Å². The van der Waals surface area contributed by atoms with Crippen molar-refractivity contribution in [3.63, 3.8) is 0 Å². The molecule has 25 heavy (non-hydrogen) atoms. The van der Waals surface area contributed by atoms with Crippen LogP contribution < -0.4 is 5.56 Å². The number of imidazole rings is 1. The van der Waals surface area contributed by atoms with E-state index in [1.165, 1.54) is 12.1 Å². The van der Waals surface area contributed by atoms with Crippen LogP contribution in [0.4, 0.5) is 4.39 Å².